The number of rotatable bonds is 4. The van der Waals surface area contributed by atoms with Gasteiger partial charge in [0.2, 0.25) is 5.88 Å². The van der Waals surface area contributed by atoms with Gasteiger partial charge < -0.3 is 31.2 Å². The summed E-state index contributed by atoms with van der Waals surface area (Å²) in [5.41, 5.74) is 6.44. The van der Waals surface area contributed by atoms with Crippen molar-refractivity contribution in [3.63, 3.8) is 0 Å². The maximum absolute atomic E-state index is 12.4. The van der Waals surface area contributed by atoms with Crippen molar-refractivity contribution in [1.82, 2.24) is 4.98 Å². The second-order valence-electron chi connectivity index (χ2n) is 5.27. The second kappa shape index (κ2) is 6.97. The Labute approximate surface area is 147 Å². The Hall–Kier alpha value is -3.82. The van der Waals surface area contributed by atoms with Gasteiger partial charge in [-0.25, -0.2) is 9.78 Å². The molecule has 0 atom stereocenters. The smallest absolute Gasteiger partial charge is 0.316 e. The minimum absolute atomic E-state index is 0.114. The van der Waals surface area contributed by atoms with Crippen LogP contribution < -0.4 is 31.2 Å². The predicted octanol–water partition coefficient (Wildman–Crippen LogP) is 1.16. The highest BCUT2D eigenvalue weighted by molar-refractivity contribution is 6.06. The summed E-state index contributed by atoms with van der Waals surface area (Å²) in [6.07, 6.45) is 1.34. The number of carbonyl (C=O) groups excluding carboxylic acids is 3. The fraction of sp³-hybridized carbons (Fsp3) is 0.125. The van der Waals surface area contributed by atoms with Crippen LogP contribution in [0.15, 0.2) is 30.5 Å². The zero-order valence-corrected chi connectivity index (χ0v) is 13.7. The average molecular weight is 357 g/mol. The van der Waals surface area contributed by atoms with Crippen molar-refractivity contribution < 1.29 is 23.9 Å². The summed E-state index contributed by atoms with van der Waals surface area (Å²) in [6, 6.07) is 5.37. The molecule has 0 saturated carbocycles. The predicted molar refractivity (Wildman–Crippen MR) is 92.5 cm³/mol. The molecule has 2 heterocycles. The number of amides is 4. The fourth-order valence-corrected chi connectivity index (χ4v) is 2.31. The zero-order chi connectivity index (χ0) is 18.7. The lowest BCUT2D eigenvalue weighted by molar-refractivity contribution is -0.118. The number of fused-ring (bicyclic) bond motifs is 1. The number of nitrogens with one attached hydrogen (secondary N) is 3. The third kappa shape index (κ3) is 3.64. The standard InChI is InChI=1S/C16H15N5O5/c1-25-12-5-9(2-3-10(12)21-16(17)24)19-14(23)8-4-11-15(18-6-8)26-7-13(22)20-11/h2-6H,7H2,1H3,(H,19,23)(H,20,22)(H3,17,21,24). The van der Waals surface area contributed by atoms with Crippen LogP contribution in [0.5, 0.6) is 11.6 Å². The normalized spacial score (nSPS) is 12.3. The molecule has 0 radical (unpaired) electrons. The topological polar surface area (TPSA) is 145 Å². The molecular weight excluding hydrogens is 342 g/mol. The van der Waals surface area contributed by atoms with Crippen molar-refractivity contribution in [2.45, 2.75) is 0 Å². The van der Waals surface area contributed by atoms with Gasteiger partial charge in [-0.3, -0.25) is 9.59 Å². The van der Waals surface area contributed by atoms with Gasteiger partial charge in [-0.1, -0.05) is 0 Å². The molecule has 3 rings (SSSR count). The van der Waals surface area contributed by atoms with Crippen LogP contribution in [0.25, 0.3) is 0 Å². The molecule has 134 valence electrons. The van der Waals surface area contributed by atoms with E-state index in [-0.39, 0.29) is 24.0 Å². The number of anilines is 3. The Morgan fingerprint density at radius 1 is 1.31 bits per heavy atom. The summed E-state index contributed by atoms with van der Waals surface area (Å²) in [4.78, 5) is 38.7. The molecule has 1 aromatic carbocycles. The van der Waals surface area contributed by atoms with Gasteiger partial charge in [0, 0.05) is 18.0 Å². The van der Waals surface area contributed by atoms with E-state index in [4.69, 9.17) is 15.2 Å². The number of aromatic nitrogens is 1. The number of nitrogens with zero attached hydrogens (tertiary/aromatic N) is 1. The summed E-state index contributed by atoms with van der Waals surface area (Å²) >= 11 is 0. The number of urea groups is 1. The van der Waals surface area contributed by atoms with Gasteiger partial charge in [-0.2, -0.15) is 0 Å². The lowest BCUT2D eigenvalue weighted by atomic mass is 10.2. The fourth-order valence-electron chi connectivity index (χ4n) is 2.31. The van der Waals surface area contributed by atoms with Gasteiger partial charge in [0.1, 0.15) is 11.4 Å². The Morgan fingerprint density at radius 2 is 2.12 bits per heavy atom. The van der Waals surface area contributed by atoms with Gasteiger partial charge in [0.05, 0.1) is 18.4 Å². The van der Waals surface area contributed by atoms with Crippen LogP contribution in [0.2, 0.25) is 0 Å². The van der Waals surface area contributed by atoms with Gasteiger partial charge in [0.15, 0.2) is 6.61 Å². The lowest BCUT2D eigenvalue weighted by Gasteiger charge is -2.17. The van der Waals surface area contributed by atoms with Crippen LogP contribution in [0, 0.1) is 0 Å². The number of ether oxygens (including phenoxy) is 2. The molecule has 0 saturated heterocycles. The van der Waals surface area contributed by atoms with Crippen molar-refractivity contribution >= 4 is 34.9 Å². The van der Waals surface area contributed by atoms with Crippen LogP contribution in [0.1, 0.15) is 10.4 Å². The summed E-state index contributed by atoms with van der Waals surface area (Å²) in [7, 11) is 1.42. The SMILES string of the molecule is COc1cc(NC(=O)c2cnc3c(c2)NC(=O)CO3)ccc1NC(N)=O. The Kier molecular flexibility index (Phi) is 4.56. The van der Waals surface area contributed by atoms with E-state index in [9.17, 15) is 14.4 Å². The molecule has 26 heavy (non-hydrogen) atoms. The molecule has 4 amide bonds. The molecule has 1 aliphatic heterocycles. The van der Waals surface area contributed by atoms with Gasteiger partial charge in [-0.05, 0) is 18.2 Å². The van der Waals surface area contributed by atoms with Crippen molar-refractivity contribution in [1.29, 1.82) is 0 Å². The average Bonchev–Trinajstić information content (AvgIpc) is 2.61. The Balaban J connectivity index is 1.78. The van der Waals surface area contributed by atoms with Gasteiger partial charge in [-0.15, -0.1) is 0 Å². The summed E-state index contributed by atoms with van der Waals surface area (Å²) in [5.74, 6) is -0.188. The second-order valence-corrected chi connectivity index (χ2v) is 5.27. The molecule has 1 aliphatic rings. The van der Waals surface area contributed by atoms with Gasteiger partial charge in [0.25, 0.3) is 11.8 Å². The van der Waals surface area contributed by atoms with Gasteiger partial charge >= 0.3 is 6.03 Å². The number of benzene rings is 1. The van der Waals surface area contributed by atoms with Crippen LogP contribution in [-0.2, 0) is 4.79 Å². The number of hydrogen-bond donors (Lipinski definition) is 4. The minimum atomic E-state index is -0.732. The van der Waals surface area contributed by atoms with E-state index in [2.05, 4.69) is 20.9 Å². The van der Waals surface area contributed by atoms with E-state index in [0.717, 1.165) is 0 Å². The van der Waals surface area contributed by atoms with Crippen LogP contribution >= 0.6 is 0 Å². The van der Waals surface area contributed by atoms with E-state index in [1.807, 2.05) is 0 Å². The van der Waals surface area contributed by atoms with E-state index in [0.29, 0.717) is 22.8 Å². The Bertz CT molecular complexity index is 899. The first-order valence-corrected chi connectivity index (χ1v) is 7.45. The van der Waals surface area contributed by atoms with Crippen LogP contribution in [0.3, 0.4) is 0 Å². The number of carbonyl (C=O) groups is 3. The first-order chi connectivity index (χ1) is 12.5. The van der Waals surface area contributed by atoms with E-state index in [1.54, 1.807) is 12.1 Å². The molecule has 10 heteroatoms. The number of hydrogen-bond acceptors (Lipinski definition) is 6. The molecule has 0 spiro atoms. The number of nitrogens with two attached hydrogens (primary N) is 1. The molecular formula is C16H15N5O5. The monoisotopic (exact) mass is 357 g/mol. The summed E-state index contributed by atoms with van der Waals surface area (Å²) in [6.45, 7) is -0.114. The summed E-state index contributed by atoms with van der Waals surface area (Å²) < 4.78 is 10.3. The van der Waals surface area contributed by atoms with Crippen molar-refractivity contribution in [2.24, 2.45) is 5.73 Å². The molecule has 0 fully saturated rings. The number of methoxy groups -OCH3 is 1. The molecule has 0 bridgehead atoms. The quantitative estimate of drug-likeness (QED) is 0.646. The zero-order valence-electron chi connectivity index (χ0n) is 13.7. The van der Waals surface area contributed by atoms with Crippen LogP contribution in [0.4, 0.5) is 21.9 Å². The third-order valence-corrected chi connectivity index (χ3v) is 3.44. The third-order valence-electron chi connectivity index (χ3n) is 3.44. The summed E-state index contributed by atoms with van der Waals surface area (Å²) in [5, 5.41) is 7.67. The van der Waals surface area contributed by atoms with Crippen molar-refractivity contribution in [3.05, 3.63) is 36.0 Å². The molecule has 5 N–H and O–H groups in total. The van der Waals surface area contributed by atoms with E-state index < -0.39 is 11.9 Å². The molecule has 2 aromatic rings. The highest BCUT2D eigenvalue weighted by Crippen LogP contribution is 2.29. The molecule has 10 nitrogen and oxygen atoms in total. The molecule has 1 aromatic heterocycles. The Morgan fingerprint density at radius 3 is 2.85 bits per heavy atom. The maximum atomic E-state index is 12.4. The number of pyridine rings is 1. The van der Waals surface area contributed by atoms with Crippen molar-refractivity contribution in [2.75, 3.05) is 29.7 Å². The van der Waals surface area contributed by atoms with Crippen LogP contribution in [-0.4, -0.2) is 36.5 Å². The first-order valence-electron chi connectivity index (χ1n) is 7.45. The highest BCUT2D eigenvalue weighted by atomic mass is 16.5. The first kappa shape index (κ1) is 17.0. The minimum Gasteiger partial charge on any atom is -0.494 e. The maximum Gasteiger partial charge on any atom is 0.316 e. The largest absolute Gasteiger partial charge is 0.494 e. The van der Waals surface area contributed by atoms with E-state index >= 15 is 0 Å². The molecule has 0 unspecified atom stereocenters. The lowest BCUT2D eigenvalue weighted by Crippen LogP contribution is -2.26. The highest BCUT2D eigenvalue weighted by Gasteiger charge is 2.19. The molecule has 0 aliphatic carbocycles. The van der Waals surface area contributed by atoms with Crippen molar-refractivity contribution in [3.8, 4) is 11.6 Å². The van der Waals surface area contributed by atoms with E-state index in [1.165, 1.54) is 25.4 Å². The number of primary amides is 1.